The zero-order chi connectivity index (χ0) is 26.1. The van der Waals surface area contributed by atoms with Crippen molar-refractivity contribution < 1.29 is 18.7 Å². The van der Waals surface area contributed by atoms with Crippen LogP contribution < -0.4 is 19.8 Å². The molecule has 0 fully saturated rings. The minimum Gasteiger partial charge on any atom is -0.490 e. The number of ether oxygens (including phenoxy) is 2. The Kier molecular flexibility index (Phi) is 6.97. The summed E-state index contributed by atoms with van der Waals surface area (Å²) < 4.78 is 18.0. The molecule has 0 spiro atoms. The number of aryl methyl sites for hydroxylation is 2. The van der Waals surface area contributed by atoms with Crippen molar-refractivity contribution >= 4 is 33.3 Å². The van der Waals surface area contributed by atoms with E-state index in [-0.39, 0.29) is 16.8 Å². The zero-order valence-corrected chi connectivity index (χ0v) is 22.2. The molecule has 0 bridgehead atoms. The van der Waals surface area contributed by atoms with Crippen LogP contribution in [-0.4, -0.2) is 29.3 Å². The molecule has 1 aliphatic heterocycles. The molecular formula is C28H29N3O5S. The SMILES string of the molecule is CCCCCOc1ccc(C2c3c(oc4cc(C)c(C)cc4c3=O)C(=O)N2c2nncs2)cc1OCC. The van der Waals surface area contributed by atoms with Gasteiger partial charge in [0.25, 0.3) is 5.91 Å². The van der Waals surface area contributed by atoms with E-state index < -0.39 is 11.9 Å². The number of aromatic nitrogens is 2. The van der Waals surface area contributed by atoms with Crippen LogP contribution in [-0.2, 0) is 0 Å². The number of carbonyl (C=O) groups excluding carboxylic acids is 1. The maximum Gasteiger partial charge on any atom is 0.297 e. The maximum atomic E-state index is 13.9. The molecule has 1 unspecified atom stereocenters. The predicted octanol–water partition coefficient (Wildman–Crippen LogP) is 5.98. The van der Waals surface area contributed by atoms with Gasteiger partial charge in [-0.1, -0.05) is 37.2 Å². The standard InChI is InChI=1S/C28H29N3O5S/c1-5-7-8-11-35-20-10-9-18(14-22(20)34-6-2)24-23-25(32)19-12-16(3)17(4)13-21(19)36-26(23)27(33)31(24)28-30-29-15-37-28/h9-10,12-15,24H,5-8,11H2,1-4H3. The number of carbonyl (C=O) groups is 1. The fourth-order valence-electron chi connectivity index (χ4n) is 4.63. The highest BCUT2D eigenvalue weighted by Gasteiger charge is 2.45. The first kappa shape index (κ1) is 25.0. The van der Waals surface area contributed by atoms with Gasteiger partial charge in [0, 0.05) is 0 Å². The van der Waals surface area contributed by atoms with Crippen molar-refractivity contribution in [3.8, 4) is 11.5 Å². The summed E-state index contributed by atoms with van der Waals surface area (Å²) in [5.74, 6) is 0.794. The van der Waals surface area contributed by atoms with Gasteiger partial charge < -0.3 is 13.9 Å². The van der Waals surface area contributed by atoms with Crippen LogP contribution in [0.15, 0.2) is 45.1 Å². The van der Waals surface area contributed by atoms with E-state index in [1.807, 2.05) is 45.0 Å². The van der Waals surface area contributed by atoms with E-state index in [1.54, 1.807) is 11.6 Å². The molecule has 1 atom stereocenters. The van der Waals surface area contributed by atoms with Gasteiger partial charge in [-0.2, -0.15) is 0 Å². The fourth-order valence-corrected chi connectivity index (χ4v) is 5.21. The molecule has 5 rings (SSSR count). The second kappa shape index (κ2) is 10.3. The number of fused-ring (bicyclic) bond motifs is 2. The normalized spacial score (nSPS) is 14.9. The number of hydrogen-bond donors (Lipinski definition) is 0. The number of rotatable bonds is 9. The molecule has 0 saturated carbocycles. The lowest BCUT2D eigenvalue weighted by atomic mass is 9.97. The van der Waals surface area contributed by atoms with Crippen LogP contribution in [0.1, 0.15) is 72.0 Å². The smallest absolute Gasteiger partial charge is 0.297 e. The fraction of sp³-hybridized carbons (Fsp3) is 0.357. The van der Waals surface area contributed by atoms with Gasteiger partial charge in [-0.05, 0) is 68.1 Å². The number of benzene rings is 2. The van der Waals surface area contributed by atoms with Crippen LogP contribution in [0.2, 0.25) is 0 Å². The van der Waals surface area contributed by atoms with Gasteiger partial charge in [0.15, 0.2) is 16.9 Å². The largest absolute Gasteiger partial charge is 0.490 e. The summed E-state index contributed by atoms with van der Waals surface area (Å²) in [7, 11) is 0. The Hall–Kier alpha value is -3.72. The second-order valence-corrected chi connectivity index (χ2v) is 9.91. The third-order valence-electron chi connectivity index (χ3n) is 6.63. The molecule has 0 aliphatic carbocycles. The highest BCUT2D eigenvalue weighted by Crippen LogP contribution is 2.43. The van der Waals surface area contributed by atoms with Gasteiger partial charge in [-0.3, -0.25) is 14.5 Å². The molecule has 192 valence electrons. The molecule has 2 aromatic carbocycles. The first-order valence-electron chi connectivity index (χ1n) is 12.5. The zero-order valence-electron chi connectivity index (χ0n) is 21.4. The van der Waals surface area contributed by atoms with Crippen molar-refractivity contribution in [2.45, 2.75) is 53.0 Å². The first-order chi connectivity index (χ1) is 17.9. The minimum absolute atomic E-state index is 0.0267. The molecule has 1 amide bonds. The molecule has 3 heterocycles. The molecule has 8 nitrogen and oxygen atoms in total. The summed E-state index contributed by atoms with van der Waals surface area (Å²) >= 11 is 1.22. The lowest BCUT2D eigenvalue weighted by molar-refractivity contribution is 0.0970. The Balaban J connectivity index is 1.67. The van der Waals surface area contributed by atoms with Crippen molar-refractivity contribution in [2.24, 2.45) is 0 Å². The van der Waals surface area contributed by atoms with E-state index in [9.17, 15) is 9.59 Å². The van der Waals surface area contributed by atoms with E-state index in [1.165, 1.54) is 16.2 Å². The Morgan fingerprint density at radius 2 is 1.84 bits per heavy atom. The number of unbranched alkanes of at least 4 members (excludes halogenated alkanes) is 2. The van der Waals surface area contributed by atoms with Gasteiger partial charge in [0.1, 0.15) is 11.1 Å². The second-order valence-electron chi connectivity index (χ2n) is 9.10. The average molecular weight is 520 g/mol. The van der Waals surface area contributed by atoms with Gasteiger partial charge >= 0.3 is 0 Å². The van der Waals surface area contributed by atoms with Crippen molar-refractivity contribution in [1.29, 1.82) is 0 Å². The van der Waals surface area contributed by atoms with E-state index in [2.05, 4.69) is 17.1 Å². The molecule has 37 heavy (non-hydrogen) atoms. The third kappa shape index (κ3) is 4.48. The summed E-state index contributed by atoms with van der Waals surface area (Å²) in [6.07, 6.45) is 3.14. The quantitative estimate of drug-likeness (QED) is 0.251. The predicted molar refractivity (Wildman–Crippen MR) is 143 cm³/mol. The summed E-state index contributed by atoms with van der Waals surface area (Å²) in [6, 6.07) is 8.42. The van der Waals surface area contributed by atoms with Gasteiger partial charge in [0.2, 0.25) is 10.9 Å². The molecule has 4 aromatic rings. The van der Waals surface area contributed by atoms with Gasteiger partial charge in [-0.25, -0.2) is 0 Å². The van der Waals surface area contributed by atoms with Gasteiger partial charge in [0.05, 0.1) is 30.2 Å². The topological polar surface area (TPSA) is 94.8 Å². The average Bonchev–Trinajstić information content (AvgIpc) is 3.51. The first-order valence-corrected chi connectivity index (χ1v) is 13.4. The highest BCUT2D eigenvalue weighted by atomic mass is 32.1. The lowest BCUT2D eigenvalue weighted by Gasteiger charge is -2.23. The molecule has 1 aliphatic rings. The van der Waals surface area contributed by atoms with E-state index in [0.29, 0.717) is 46.4 Å². The number of amides is 1. The van der Waals surface area contributed by atoms with E-state index in [0.717, 1.165) is 30.4 Å². The van der Waals surface area contributed by atoms with E-state index in [4.69, 9.17) is 13.9 Å². The monoisotopic (exact) mass is 519 g/mol. The maximum absolute atomic E-state index is 13.9. The van der Waals surface area contributed by atoms with Crippen molar-refractivity contribution in [2.75, 3.05) is 18.1 Å². The third-order valence-corrected chi connectivity index (χ3v) is 7.32. The summed E-state index contributed by atoms with van der Waals surface area (Å²) in [4.78, 5) is 29.0. The van der Waals surface area contributed by atoms with Crippen LogP contribution in [0.25, 0.3) is 11.0 Å². The van der Waals surface area contributed by atoms with Gasteiger partial charge in [-0.15, -0.1) is 10.2 Å². The Morgan fingerprint density at radius 1 is 1.03 bits per heavy atom. The number of hydrogen-bond acceptors (Lipinski definition) is 8. The van der Waals surface area contributed by atoms with Crippen molar-refractivity contribution in [1.82, 2.24) is 10.2 Å². The molecule has 2 aromatic heterocycles. The van der Waals surface area contributed by atoms with Crippen molar-refractivity contribution in [3.05, 3.63) is 74.1 Å². The highest BCUT2D eigenvalue weighted by molar-refractivity contribution is 7.13. The molecule has 0 N–H and O–H groups in total. The van der Waals surface area contributed by atoms with Crippen LogP contribution in [0.3, 0.4) is 0 Å². The minimum atomic E-state index is -0.744. The molecule has 0 saturated heterocycles. The summed E-state index contributed by atoms with van der Waals surface area (Å²) in [5, 5.41) is 8.90. The Morgan fingerprint density at radius 3 is 2.57 bits per heavy atom. The van der Waals surface area contributed by atoms with Crippen LogP contribution in [0.4, 0.5) is 5.13 Å². The number of anilines is 1. The van der Waals surface area contributed by atoms with Crippen LogP contribution >= 0.6 is 11.3 Å². The molecule has 9 heteroatoms. The van der Waals surface area contributed by atoms with Crippen molar-refractivity contribution in [3.63, 3.8) is 0 Å². The van der Waals surface area contributed by atoms with E-state index >= 15 is 0 Å². The Labute approximate surface area is 218 Å². The molecular weight excluding hydrogens is 490 g/mol. The number of nitrogens with zero attached hydrogens (tertiary/aromatic N) is 3. The summed E-state index contributed by atoms with van der Waals surface area (Å²) in [5.41, 5.74) is 4.66. The Bertz CT molecular complexity index is 1510. The van der Waals surface area contributed by atoms with Crippen LogP contribution in [0.5, 0.6) is 11.5 Å². The van der Waals surface area contributed by atoms with Crippen LogP contribution in [0, 0.1) is 13.8 Å². The summed E-state index contributed by atoms with van der Waals surface area (Å²) in [6.45, 7) is 8.98. The lowest BCUT2D eigenvalue weighted by Crippen LogP contribution is -2.29. The molecule has 0 radical (unpaired) electrons.